The number of aromatic nitrogens is 1. The molecule has 1 aromatic carbocycles. The lowest BCUT2D eigenvalue weighted by molar-refractivity contribution is -0.384. The van der Waals surface area contributed by atoms with Crippen molar-refractivity contribution in [2.75, 3.05) is 25.6 Å². The van der Waals surface area contributed by atoms with Crippen molar-refractivity contribution in [1.82, 2.24) is 9.88 Å². The van der Waals surface area contributed by atoms with Gasteiger partial charge in [0.15, 0.2) is 0 Å². The zero-order chi connectivity index (χ0) is 18.6. The fourth-order valence-electron chi connectivity index (χ4n) is 2.41. The van der Waals surface area contributed by atoms with Crippen LogP contribution >= 0.6 is 0 Å². The molecule has 1 amide bonds. The van der Waals surface area contributed by atoms with E-state index in [9.17, 15) is 19.7 Å². The summed E-state index contributed by atoms with van der Waals surface area (Å²) in [5, 5.41) is 17.2. The average molecular weight is 348 g/mol. The van der Waals surface area contributed by atoms with Crippen LogP contribution in [0.25, 0.3) is 10.9 Å². The Morgan fingerprint density at radius 1 is 1.40 bits per heavy atom. The van der Waals surface area contributed by atoms with Crippen molar-refractivity contribution < 1.29 is 14.5 Å². The van der Waals surface area contributed by atoms with E-state index in [0.717, 1.165) is 0 Å². The molecule has 1 aromatic heterocycles. The number of non-ortho nitro benzene ring substituents is 1. The predicted octanol–water partition coefficient (Wildman–Crippen LogP) is 1.01. The van der Waals surface area contributed by atoms with Gasteiger partial charge >= 0.3 is 0 Å². The standard InChI is InChI=1S/C16H20N4O5/c1-10(16(22)17-6-7-25-3)18-13-9-15(21)19(2)14-5-4-11(20(23)24)8-12(13)14/h4-5,8-10,18H,6-7H2,1-3H3,(H,17,22). The third kappa shape index (κ3) is 4.13. The van der Waals surface area contributed by atoms with Crippen LogP contribution < -0.4 is 16.2 Å². The Bertz CT molecular complexity index is 861. The average Bonchev–Trinajstić information content (AvgIpc) is 2.58. The van der Waals surface area contributed by atoms with Gasteiger partial charge in [0.25, 0.3) is 11.2 Å². The zero-order valence-electron chi connectivity index (χ0n) is 14.2. The number of rotatable bonds is 7. The lowest BCUT2D eigenvalue weighted by atomic mass is 10.1. The maximum Gasteiger partial charge on any atom is 0.270 e. The summed E-state index contributed by atoms with van der Waals surface area (Å²) in [6.45, 7) is 2.40. The summed E-state index contributed by atoms with van der Waals surface area (Å²) in [6, 6.07) is 4.93. The third-order valence-electron chi connectivity index (χ3n) is 3.81. The van der Waals surface area contributed by atoms with Gasteiger partial charge < -0.3 is 19.9 Å². The number of hydrogen-bond acceptors (Lipinski definition) is 6. The molecule has 0 radical (unpaired) electrons. The van der Waals surface area contributed by atoms with Gasteiger partial charge in [0.1, 0.15) is 6.04 Å². The Balaban J connectivity index is 2.37. The summed E-state index contributed by atoms with van der Waals surface area (Å²) in [4.78, 5) is 34.7. The highest BCUT2D eigenvalue weighted by Gasteiger charge is 2.17. The van der Waals surface area contributed by atoms with Crippen molar-refractivity contribution in [3.63, 3.8) is 0 Å². The summed E-state index contributed by atoms with van der Waals surface area (Å²) in [5.41, 5.74) is 0.533. The molecule has 0 aliphatic carbocycles. The van der Waals surface area contributed by atoms with Gasteiger partial charge in [0.05, 0.1) is 17.0 Å². The van der Waals surface area contributed by atoms with Crippen LogP contribution in [0.2, 0.25) is 0 Å². The summed E-state index contributed by atoms with van der Waals surface area (Å²) >= 11 is 0. The van der Waals surface area contributed by atoms with Gasteiger partial charge in [0, 0.05) is 50.0 Å². The van der Waals surface area contributed by atoms with Crippen LogP contribution in [-0.2, 0) is 16.6 Å². The Morgan fingerprint density at radius 2 is 2.12 bits per heavy atom. The van der Waals surface area contributed by atoms with Gasteiger partial charge in [-0.15, -0.1) is 0 Å². The molecule has 1 atom stereocenters. The van der Waals surface area contributed by atoms with Gasteiger partial charge in [-0.2, -0.15) is 0 Å². The molecule has 0 aliphatic rings. The summed E-state index contributed by atoms with van der Waals surface area (Å²) < 4.78 is 6.27. The largest absolute Gasteiger partial charge is 0.383 e. The molecular weight excluding hydrogens is 328 g/mol. The molecule has 1 unspecified atom stereocenters. The SMILES string of the molecule is COCCNC(=O)C(C)Nc1cc(=O)n(C)c2ccc([N+](=O)[O-])cc12. The molecule has 9 nitrogen and oxygen atoms in total. The summed E-state index contributed by atoms with van der Waals surface area (Å²) in [5.74, 6) is -0.267. The number of carbonyl (C=O) groups excluding carboxylic acids is 1. The first-order valence-corrected chi connectivity index (χ1v) is 7.66. The first kappa shape index (κ1) is 18.4. The van der Waals surface area contributed by atoms with E-state index >= 15 is 0 Å². The van der Waals surface area contributed by atoms with Crippen LogP contribution in [0.15, 0.2) is 29.1 Å². The second kappa shape index (κ2) is 7.75. The van der Waals surface area contributed by atoms with Crippen molar-refractivity contribution >= 4 is 28.2 Å². The minimum atomic E-state index is -0.633. The number of benzene rings is 1. The molecule has 2 aromatic rings. The van der Waals surface area contributed by atoms with Crippen LogP contribution in [0.3, 0.4) is 0 Å². The third-order valence-corrected chi connectivity index (χ3v) is 3.81. The highest BCUT2D eigenvalue weighted by molar-refractivity contribution is 5.95. The quantitative estimate of drug-likeness (QED) is 0.438. The lowest BCUT2D eigenvalue weighted by Crippen LogP contribution is -2.39. The highest BCUT2D eigenvalue weighted by Crippen LogP contribution is 2.26. The maximum absolute atomic E-state index is 12.1. The topological polar surface area (TPSA) is 116 Å². The van der Waals surface area contributed by atoms with Crippen molar-refractivity contribution in [2.24, 2.45) is 7.05 Å². The van der Waals surface area contributed by atoms with Crippen LogP contribution in [0, 0.1) is 10.1 Å². The number of nitro benzene ring substituents is 1. The molecule has 2 N–H and O–H groups in total. The molecule has 2 rings (SSSR count). The lowest BCUT2D eigenvalue weighted by Gasteiger charge is -2.17. The molecule has 0 fully saturated rings. The van der Waals surface area contributed by atoms with Crippen LogP contribution in [0.4, 0.5) is 11.4 Å². The normalized spacial score (nSPS) is 12.0. The molecule has 9 heteroatoms. The van der Waals surface area contributed by atoms with Crippen molar-refractivity contribution in [2.45, 2.75) is 13.0 Å². The Labute approximate surface area is 143 Å². The first-order chi connectivity index (χ1) is 11.8. The van der Waals surface area contributed by atoms with Crippen LogP contribution in [-0.4, -0.2) is 41.7 Å². The molecule has 0 aliphatic heterocycles. The zero-order valence-corrected chi connectivity index (χ0v) is 14.2. The summed E-state index contributed by atoms with van der Waals surface area (Å²) in [7, 11) is 3.12. The van der Waals surface area contributed by atoms with E-state index in [-0.39, 0.29) is 17.2 Å². The molecular formula is C16H20N4O5. The smallest absolute Gasteiger partial charge is 0.270 e. The minimum absolute atomic E-state index is 0.0913. The number of methoxy groups -OCH3 is 1. The first-order valence-electron chi connectivity index (χ1n) is 7.66. The van der Waals surface area contributed by atoms with Crippen molar-refractivity contribution in [3.05, 3.63) is 44.7 Å². The van der Waals surface area contributed by atoms with E-state index in [1.807, 2.05) is 0 Å². The number of ether oxygens (including phenoxy) is 1. The Hall–Kier alpha value is -2.94. The van der Waals surface area contributed by atoms with Gasteiger partial charge in [0.2, 0.25) is 5.91 Å². The molecule has 0 spiro atoms. The maximum atomic E-state index is 12.1. The Morgan fingerprint density at radius 3 is 2.76 bits per heavy atom. The second-order valence-electron chi connectivity index (χ2n) is 5.56. The predicted molar refractivity (Wildman–Crippen MR) is 93.8 cm³/mol. The van der Waals surface area contributed by atoms with E-state index in [0.29, 0.717) is 29.7 Å². The molecule has 0 saturated heterocycles. The van der Waals surface area contributed by atoms with E-state index in [4.69, 9.17) is 4.74 Å². The number of anilines is 1. The van der Waals surface area contributed by atoms with E-state index < -0.39 is 11.0 Å². The van der Waals surface area contributed by atoms with Gasteiger partial charge in [-0.1, -0.05) is 0 Å². The summed E-state index contributed by atoms with van der Waals surface area (Å²) in [6.07, 6.45) is 0. The minimum Gasteiger partial charge on any atom is -0.383 e. The number of aryl methyl sites for hydroxylation is 1. The van der Waals surface area contributed by atoms with E-state index in [2.05, 4.69) is 10.6 Å². The van der Waals surface area contributed by atoms with Crippen LogP contribution in [0.5, 0.6) is 0 Å². The van der Waals surface area contributed by atoms with E-state index in [1.54, 1.807) is 14.0 Å². The highest BCUT2D eigenvalue weighted by atomic mass is 16.6. The molecule has 0 saturated carbocycles. The van der Waals surface area contributed by atoms with E-state index in [1.165, 1.54) is 35.9 Å². The number of nitro groups is 1. The van der Waals surface area contributed by atoms with Crippen LogP contribution in [0.1, 0.15) is 6.92 Å². The fourth-order valence-corrected chi connectivity index (χ4v) is 2.41. The number of nitrogens with one attached hydrogen (secondary N) is 2. The van der Waals surface area contributed by atoms with Crippen molar-refractivity contribution in [3.8, 4) is 0 Å². The monoisotopic (exact) mass is 348 g/mol. The van der Waals surface area contributed by atoms with Crippen molar-refractivity contribution in [1.29, 1.82) is 0 Å². The number of carbonyl (C=O) groups is 1. The number of pyridine rings is 1. The fraction of sp³-hybridized carbons (Fsp3) is 0.375. The number of amides is 1. The van der Waals surface area contributed by atoms with Gasteiger partial charge in [-0.25, -0.2) is 0 Å². The second-order valence-corrected chi connectivity index (χ2v) is 5.56. The number of nitrogens with zero attached hydrogens (tertiary/aromatic N) is 2. The number of fused-ring (bicyclic) bond motifs is 1. The molecule has 25 heavy (non-hydrogen) atoms. The van der Waals surface area contributed by atoms with Gasteiger partial charge in [-0.05, 0) is 13.0 Å². The molecule has 1 heterocycles. The number of hydrogen-bond donors (Lipinski definition) is 2. The molecule has 0 bridgehead atoms. The molecule has 134 valence electrons. The Kier molecular flexibility index (Phi) is 5.71. The van der Waals surface area contributed by atoms with Gasteiger partial charge in [-0.3, -0.25) is 19.7 Å².